The van der Waals surface area contributed by atoms with Crippen molar-refractivity contribution in [2.24, 2.45) is 0 Å². The molecule has 2 amide bonds. The van der Waals surface area contributed by atoms with Gasteiger partial charge >= 0.3 is 0 Å². The molecule has 4 nitrogen and oxygen atoms in total. The first-order valence-corrected chi connectivity index (χ1v) is 7.66. The molecule has 1 aromatic rings. The molecule has 1 atom stereocenters. The van der Waals surface area contributed by atoms with Crippen molar-refractivity contribution < 1.29 is 9.59 Å². The first-order valence-electron chi connectivity index (χ1n) is 6.91. The van der Waals surface area contributed by atoms with Crippen LogP contribution in [0.3, 0.4) is 0 Å². The van der Waals surface area contributed by atoms with Gasteiger partial charge in [-0.25, -0.2) is 0 Å². The predicted molar refractivity (Wildman–Crippen MR) is 85.7 cm³/mol. The Morgan fingerprint density at radius 2 is 1.81 bits per heavy atom. The highest BCUT2D eigenvalue weighted by atomic mass is 35.5. The van der Waals surface area contributed by atoms with Crippen LogP contribution in [-0.4, -0.2) is 35.8 Å². The van der Waals surface area contributed by atoms with Gasteiger partial charge in [0.15, 0.2) is 0 Å². The van der Waals surface area contributed by atoms with E-state index < -0.39 is 6.04 Å². The fourth-order valence-electron chi connectivity index (χ4n) is 2.00. The number of nitrogens with one attached hydrogen (secondary N) is 1. The van der Waals surface area contributed by atoms with Crippen LogP contribution >= 0.6 is 23.2 Å². The van der Waals surface area contributed by atoms with Gasteiger partial charge in [0.25, 0.3) is 0 Å². The van der Waals surface area contributed by atoms with Gasteiger partial charge in [0.2, 0.25) is 11.8 Å². The predicted octanol–water partition coefficient (Wildman–Crippen LogP) is 2.91. The lowest BCUT2D eigenvalue weighted by Gasteiger charge is -2.23. The summed E-state index contributed by atoms with van der Waals surface area (Å²) in [6.07, 6.45) is 0.159. The number of carbonyl (C=O) groups excluding carboxylic acids is 2. The third-order valence-corrected chi connectivity index (χ3v) is 3.91. The number of nitrogens with zero attached hydrogens (tertiary/aromatic N) is 1. The minimum absolute atomic E-state index is 0.0810. The molecule has 21 heavy (non-hydrogen) atoms. The molecule has 0 bridgehead atoms. The standard InChI is InChI=1S/C15H20Cl2N2O2/c1-4-19(5-2)15(21)10(3)18-14(20)9-11-6-7-12(16)13(17)8-11/h6-8,10H,4-5,9H2,1-3H3,(H,18,20)/t10-/m0/s1. The smallest absolute Gasteiger partial charge is 0.244 e. The van der Waals surface area contributed by atoms with E-state index in [9.17, 15) is 9.59 Å². The van der Waals surface area contributed by atoms with E-state index in [0.29, 0.717) is 23.1 Å². The number of halogens is 2. The van der Waals surface area contributed by atoms with Gasteiger partial charge in [-0.2, -0.15) is 0 Å². The largest absolute Gasteiger partial charge is 0.344 e. The zero-order chi connectivity index (χ0) is 16.0. The molecule has 0 saturated carbocycles. The molecule has 0 spiro atoms. The van der Waals surface area contributed by atoms with Gasteiger partial charge in [-0.1, -0.05) is 29.3 Å². The molecule has 0 heterocycles. The van der Waals surface area contributed by atoms with Crippen molar-refractivity contribution in [1.29, 1.82) is 0 Å². The van der Waals surface area contributed by atoms with Crippen molar-refractivity contribution in [2.75, 3.05) is 13.1 Å². The van der Waals surface area contributed by atoms with Crippen molar-refractivity contribution in [3.8, 4) is 0 Å². The lowest BCUT2D eigenvalue weighted by atomic mass is 10.1. The number of carbonyl (C=O) groups is 2. The molecule has 116 valence electrons. The average Bonchev–Trinajstić information content (AvgIpc) is 2.44. The molecular formula is C15H20Cl2N2O2. The Morgan fingerprint density at radius 1 is 1.19 bits per heavy atom. The van der Waals surface area contributed by atoms with Crippen LogP contribution in [0.15, 0.2) is 18.2 Å². The second-order valence-electron chi connectivity index (χ2n) is 4.72. The van der Waals surface area contributed by atoms with Gasteiger partial charge in [0.1, 0.15) is 6.04 Å². The lowest BCUT2D eigenvalue weighted by Crippen LogP contribution is -2.47. The van der Waals surface area contributed by atoms with Gasteiger partial charge in [0.05, 0.1) is 16.5 Å². The van der Waals surface area contributed by atoms with E-state index in [-0.39, 0.29) is 18.2 Å². The van der Waals surface area contributed by atoms with E-state index in [4.69, 9.17) is 23.2 Å². The minimum atomic E-state index is -0.542. The van der Waals surface area contributed by atoms with Crippen molar-refractivity contribution in [3.05, 3.63) is 33.8 Å². The molecule has 0 aliphatic carbocycles. The van der Waals surface area contributed by atoms with Crippen molar-refractivity contribution in [2.45, 2.75) is 33.2 Å². The maximum absolute atomic E-state index is 12.1. The SMILES string of the molecule is CCN(CC)C(=O)[C@H](C)NC(=O)Cc1ccc(Cl)c(Cl)c1. The third-order valence-electron chi connectivity index (χ3n) is 3.17. The highest BCUT2D eigenvalue weighted by Crippen LogP contribution is 2.22. The van der Waals surface area contributed by atoms with E-state index in [1.807, 2.05) is 13.8 Å². The monoisotopic (exact) mass is 330 g/mol. The molecule has 1 N–H and O–H groups in total. The highest BCUT2D eigenvalue weighted by molar-refractivity contribution is 6.42. The molecule has 0 fully saturated rings. The number of amides is 2. The molecule has 0 aromatic heterocycles. The first kappa shape index (κ1) is 17.8. The number of hydrogen-bond donors (Lipinski definition) is 1. The number of likely N-dealkylation sites (N-methyl/N-ethyl adjacent to an activating group) is 1. The Hall–Kier alpha value is -1.26. The van der Waals surface area contributed by atoms with E-state index in [1.165, 1.54) is 0 Å². The number of hydrogen-bond acceptors (Lipinski definition) is 2. The van der Waals surface area contributed by atoms with Crippen molar-refractivity contribution in [3.63, 3.8) is 0 Å². The summed E-state index contributed by atoms with van der Waals surface area (Å²) in [7, 11) is 0. The van der Waals surface area contributed by atoms with Gasteiger partial charge in [-0.05, 0) is 38.5 Å². The van der Waals surface area contributed by atoms with Crippen LogP contribution in [0.2, 0.25) is 10.0 Å². The first-order chi connectivity index (χ1) is 9.88. The zero-order valence-electron chi connectivity index (χ0n) is 12.5. The second-order valence-corrected chi connectivity index (χ2v) is 5.54. The second kappa shape index (κ2) is 8.25. The Morgan fingerprint density at radius 3 is 2.33 bits per heavy atom. The quantitative estimate of drug-likeness (QED) is 0.871. The third kappa shape index (κ3) is 5.21. The van der Waals surface area contributed by atoms with Gasteiger partial charge < -0.3 is 10.2 Å². The lowest BCUT2D eigenvalue weighted by molar-refractivity contribution is -0.135. The summed E-state index contributed by atoms with van der Waals surface area (Å²) in [5.41, 5.74) is 0.754. The highest BCUT2D eigenvalue weighted by Gasteiger charge is 2.19. The van der Waals surface area contributed by atoms with Crippen LogP contribution < -0.4 is 5.32 Å². The Balaban J connectivity index is 2.60. The van der Waals surface area contributed by atoms with Crippen LogP contribution in [0.1, 0.15) is 26.3 Å². The van der Waals surface area contributed by atoms with Crippen LogP contribution in [0.5, 0.6) is 0 Å². The van der Waals surface area contributed by atoms with Crippen LogP contribution in [-0.2, 0) is 16.0 Å². The summed E-state index contributed by atoms with van der Waals surface area (Å²) in [6, 6.07) is 4.50. The molecule has 6 heteroatoms. The fraction of sp³-hybridized carbons (Fsp3) is 0.467. The number of rotatable bonds is 6. The van der Waals surface area contributed by atoms with E-state index in [2.05, 4.69) is 5.32 Å². The Kier molecular flexibility index (Phi) is 6.99. The number of benzene rings is 1. The summed E-state index contributed by atoms with van der Waals surface area (Å²) < 4.78 is 0. The summed E-state index contributed by atoms with van der Waals surface area (Å²) in [5, 5.41) is 3.57. The molecule has 0 radical (unpaired) electrons. The topological polar surface area (TPSA) is 49.4 Å². The molecular weight excluding hydrogens is 311 g/mol. The molecule has 0 aliphatic heterocycles. The summed E-state index contributed by atoms with van der Waals surface area (Å²) >= 11 is 11.7. The van der Waals surface area contributed by atoms with E-state index >= 15 is 0 Å². The van der Waals surface area contributed by atoms with Gasteiger partial charge in [-0.3, -0.25) is 9.59 Å². The zero-order valence-corrected chi connectivity index (χ0v) is 14.0. The fourth-order valence-corrected chi connectivity index (χ4v) is 2.32. The summed E-state index contributed by atoms with van der Waals surface area (Å²) in [5.74, 6) is -0.302. The van der Waals surface area contributed by atoms with Crippen molar-refractivity contribution >= 4 is 35.0 Å². The van der Waals surface area contributed by atoms with E-state index in [1.54, 1.807) is 30.0 Å². The average molecular weight is 331 g/mol. The van der Waals surface area contributed by atoms with Gasteiger partial charge in [-0.15, -0.1) is 0 Å². The van der Waals surface area contributed by atoms with E-state index in [0.717, 1.165) is 5.56 Å². The molecule has 0 aliphatic rings. The van der Waals surface area contributed by atoms with Crippen LogP contribution in [0.25, 0.3) is 0 Å². The van der Waals surface area contributed by atoms with Gasteiger partial charge in [0, 0.05) is 13.1 Å². The normalized spacial score (nSPS) is 11.9. The van der Waals surface area contributed by atoms with Crippen LogP contribution in [0, 0.1) is 0 Å². The Labute approximate surface area is 135 Å². The molecule has 0 saturated heterocycles. The Bertz CT molecular complexity index is 516. The van der Waals surface area contributed by atoms with Crippen LogP contribution in [0.4, 0.5) is 0 Å². The maximum Gasteiger partial charge on any atom is 0.244 e. The minimum Gasteiger partial charge on any atom is -0.344 e. The molecule has 1 aromatic carbocycles. The van der Waals surface area contributed by atoms with Crippen molar-refractivity contribution in [1.82, 2.24) is 10.2 Å². The summed E-state index contributed by atoms with van der Waals surface area (Å²) in [6.45, 7) is 6.76. The summed E-state index contributed by atoms with van der Waals surface area (Å²) in [4.78, 5) is 25.7. The molecule has 1 rings (SSSR count). The molecule has 0 unspecified atom stereocenters. The maximum atomic E-state index is 12.1.